The number of sulfonamides is 1. The van der Waals surface area contributed by atoms with Crippen LogP contribution in [0.1, 0.15) is 12.2 Å². The molecule has 0 atom stereocenters. The molecule has 8 heteroatoms. The van der Waals surface area contributed by atoms with Gasteiger partial charge in [0, 0.05) is 30.4 Å². The maximum absolute atomic E-state index is 12.1. The Labute approximate surface area is 122 Å². The third-order valence-electron chi connectivity index (χ3n) is 2.70. The Bertz CT molecular complexity index is 671. The first kappa shape index (κ1) is 14.8. The molecule has 0 bridgehead atoms. The lowest BCUT2D eigenvalue weighted by Crippen LogP contribution is -2.26. The van der Waals surface area contributed by atoms with Crippen molar-refractivity contribution < 1.29 is 8.42 Å². The van der Waals surface area contributed by atoms with Gasteiger partial charge in [0.05, 0.1) is 5.69 Å². The summed E-state index contributed by atoms with van der Waals surface area (Å²) in [7, 11) is -3.61. The highest BCUT2D eigenvalue weighted by Crippen LogP contribution is 2.22. The number of imidazole rings is 1. The van der Waals surface area contributed by atoms with Crippen LogP contribution in [0, 0.1) is 0 Å². The Kier molecular flexibility index (Phi) is 4.64. The summed E-state index contributed by atoms with van der Waals surface area (Å²) < 4.78 is 26.6. The largest absolute Gasteiger partial charge is 0.398 e. The van der Waals surface area contributed by atoms with E-state index in [2.05, 4.69) is 14.7 Å². The van der Waals surface area contributed by atoms with Gasteiger partial charge in [0.25, 0.3) is 0 Å². The Morgan fingerprint density at radius 3 is 2.85 bits per heavy atom. The standard InChI is InChI=1S/C12H15ClN4O2S/c13-9-3-4-11(10(14)8-9)20(18,19)17-5-1-2-12-15-6-7-16-12/h3-4,6-8,17H,1-2,5,14H2,(H,15,16). The van der Waals surface area contributed by atoms with Crippen molar-refractivity contribution in [3.05, 3.63) is 41.4 Å². The highest BCUT2D eigenvalue weighted by atomic mass is 35.5. The van der Waals surface area contributed by atoms with Gasteiger partial charge in [-0.3, -0.25) is 0 Å². The number of anilines is 1. The molecule has 2 rings (SSSR count). The Morgan fingerprint density at radius 1 is 1.40 bits per heavy atom. The van der Waals surface area contributed by atoms with Crippen LogP contribution in [0.5, 0.6) is 0 Å². The summed E-state index contributed by atoms with van der Waals surface area (Å²) in [5.41, 5.74) is 5.81. The fourth-order valence-electron chi connectivity index (χ4n) is 1.74. The van der Waals surface area contributed by atoms with Crippen molar-refractivity contribution in [2.45, 2.75) is 17.7 Å². The van der Waals surface area contributed by atoms with Gasteiger partial charge >= 0.3 is 0 Å². The highest BCUT2D eigenvalue weighted by molar-refractivity contribution is 7.89. The molecule has 0 radical (unpaired) electrons. The maximum Gasteiger partial charge on any atom is 0.242 e. The first-order valence-corrected chi connectivity index (χ1v) is 7.88. The summed E-state index contributed by atoms with van der Waals surface area (Å²) >= 11 is 5.75. The summed E-state index contributed by atoms with van der Waals surface area (Å²) in [6, 6.07) is 4.31. The quantitative estimate of drug-likeness (QED) is 0.556. The number of rotatable bonds is 6. The first-order chi connectivity index (χ1) is 9.49. The first-order valence-electron chi connectivity index (χ1n) is 6.02. The van der Waals surface area contributed by atoms with Gasteiger partial charge in [-0.25, -0.2) is 18.1 Å². The SMILES string of the molecule is Nc1cc(Cl)ccc1S(=O)(=O)NCCCc1ncc[nH]1. The number of nitrogens with zero attached hydrogens (tertiary/aromatic N) is 1. The molecule has 6 nitrogen and oxygen atoms in total. The second-order valence-electron chi connectivity index (χ2n) is 4.22. The molecule has 0 fully saturated rings. The molecule has 20 heavy (non-hydrogen) atoms. The second-order valence-corrected chi connectivity index (χ2v) is 6.39. The molecule has 0 aliphatic heterocycles. The van der Waals surface area contributed by atoms with Crippen LogP contribution < -0.4 is 10.5 Å². The van der Waals surface area contributed by atoms with Crippen LogP contribution in [0.3, 0.4) is 0 Å². The number of hydrogen-bond donors (Lipinski definition) is 3. The predicted octanol–water partition coefficient (Wildman–Crippen LogP) is 1.56. The molecule has 108 valence electrons. The molecule has 0 aliphatic carbocycles. The van der Waals surface area contributed by atoms with Crippen molar-refractivity contribution in [2.24, 2.45) is 0 Å². The van der Waals surface area contributed by atoms with Gasteiger partial charge < -0.3 is 10.7 Å². The van der Waals surface area contributed by atoms with Crippen molar-refractivity contribution >= 4 is 27.3 Å². The Hall–Kier alpha value is -1.57. The van der Waals surface area contributed by atoms with Gasteiger partial charge in [-0.15, -0.1) is 0 Å². The summed E-state index contributed by atoms with van der Waals surface area (Å²) in [5.74, 6) is 0.829. The van der Waals surface area contributed by atoms with Crippen molar-refractivity contribution in [3.63, 3.8) is 0 Å². The van der Waals surface area contributed by atoms with E-state index in [1.165, 1.54) is 18.2 Å². The molecule has 0 amide bonds. The Balaban J connectivity index is 1.93. The molecule has 0 aliphatic rings. The van der Waals surface area contributed by atoms with Gasteiger partial charge in [-0.2, -0.15) is 0 Å². The third kappa shape index (κ3) is 3.72. The summed E-state index contributed by atoms with van der Waals surface area (Å²) in [6.45, 7) is 0.311. The van der Waals surface area contributed by atoms with Crippen LogP contribution in [0.4, 0.5) is 5.69 Å². The molecule has 1 aromatic carbocycles. The number of H-pyrrole nitrogens is 1. The van der Waals surface area contributed by atoms with Crippen molar-refractivity contribution in [2.75, 3.05) is 12.3 Å². The number of hydrogen-bond acceptors (Lipinski definition) is 4. The van der Waals surface area contributed by atoms with Gasteiger partial charge in [-0.1, -0.05) is 11.6 Å². The van der Waals surface area contributed by atoms with Gasteiger partial charge in [0.2, 0.25) is 10.0 Å². The van der Waals surface area contributed by atoms with E-state index >= 15 is 0 Å². The minimum Gasteiger partial charge on any atom is -0.398 e. The van der Waals surface area contributed by atoms with E-state index in [-0.39, 0.29) is 10.6 Å². The minimum absolute atomic E-state index is 0.0416. The van der Waals surface area contributed by atoms with E-state index in [1.807, 2.05) is 0 Å². The monoisotopic (exact) mass is 314 g/mol. The van der Waals surface area contributed by atoms with Gasteiger partial charge in [0.1, 0.15) is 10.7 Å². The second kappa shape index (κ2) is 6.25. The average molecular weight is 315 g/mol. The van der Waals surface area contributed by atoms with Crippen LogP contribution in [0.2, 0.25) is 5.02 Å². The molecule has 0 unspecified atom stereocenters. The third-order valence-corrected chi connectivity index (χ3v) is 4.47. The number of aryl methyl sites for hydroxylation is 1. The number of nitrogen functional groups attached to an aromatic ring is 1. The minimum atomic E-state index is -3.61. The van der Waals surface area contributed by atoms with E-state index < -0.39 is 10.0 Å². The molecule has 1 heterocycles. The zero-order chi connectivity index (χ0) is 14.6. The topological polar surface area (TPSA) is 101 Å². The number of aromatic nitrogens is 2. The summed E-state index contributed by atoms with van der Waals surface area (Å²) in [5, 5.41) is 0.402. The van der Waals surface area contributed by atoms with E-state index in [0.717, 1.165) is 5.82 Å². The number of nitrogens with one attached hydrogen (secondary N) is 2. The predicted molar refractivity (Wildman–Crippen MR) is 78.0 cm³/mol. The number of nitrogens with two attached hydrogens (primary N) is 1. The fourth-order valence-corrected chi connectivity index (χ4v) is 3.10. The zero-order valence-electron chi connectivity index (χ0n) is 10.6. The van der Waals surface area contributed by atoms with Gasteiger partial charge in [0.15, 0.2) is 0 Å². The average Bonchev–Trinajstić information content (AvgIpc) is 2.87. The molecule has 1 aromatic heterocycles. The summed E-state index contributed by atoms with van der Waals surface area (Å²) in [6.07, 6.45) is 4.70. The van der Waals surface area contributed by atoms with E-state index in [9.17, 15) is 8.42 Å². The maximum atomic E-state index is 12.1. The van der Waals surface area contributed by atoms with Crippen LogP contribution in [-0.4, -0.2) is 24.9 Å². The molecule has 0 saturated heterocycles. The zero-order valence-corrected chi connectivity index (χ0v) is 12.2. The van der Waals surface area contributed by atoms with Crippen LogP contribution in [-0.2, 0) is 16.4 Å². The van der Waals surface area contributed by atoms with E-state index in [0.29, 0.717) is 24.4 Å². The van der Waals surface area contributed by atoms with Crippen LogP contribution in [0.15, 0.2) is 35.5 Å². The lowest BCUT2D eigenvalue weighted by atomic mass is 10.3. The number of halogens is 1. The smallest absolute Gasteiger partial charge is 0.242 e. The molecule has 0 spiro atoms. The molecule has 0 saturated carbocycles. The number of aromatic amines is 1. The normalized spacial score (nSPS) is 11.7. The molecule has 2 aromatic rings. The highest BCUT2D eigenvalue weighted by Gasteiger charge is 2.16. The van der Waals surface area contributed by atoms with Crippen LogP contribution >= 0.6 is 11.6 Å². The van der Waals surface area contributed by atoms with E-state index in [1.54, 1.807) is 12.4 Å². The lowest BCUT2D eigenvalue weighted by Gasteiger charge is -2.09. The molecular weight excluding hydrogens is 300 g/mol. The van der Waals surface area contributed by atoms with E-state index in [4.69, 9.17) is 17.3 Å². The number of benzene rings is 1. The van der Waals surface area contributed by atoms with Crippen molar-refractivity contribution in [1.29, 1.82) is 0 Å². The molecule has 4 N–H and O–H groups in total. The van der Waals surface area contributed by atoms with Crippen LogP contribution in [0.25, 0.3) is 0 Å². The van der Waals surface area contributed by atoms with Gasteiger partial charge in [-0.05, 0) is 24.6 Å². The van der Waals surface area contributed by atoms with Crippen molar-refractivity contribution in [1.82, 2.24) is 14.7 Å². The summed E-state index contributed by atoms with van der Waals surface area (Å²) in [4.78, 5) is 7.07. The molecular formula is C12H15ClN4O2S. The van der Waals surface area contributed by atoms with Crippen molar-refractivity contribution in [3.8, 4) is 0 Å². The lowest BCUT2D eigenvalue weighted by molar-refractivity contribution is 0.579. The fraction of sp³-hybridized carbons (Fsp3) is 0.250. The Morgan fingerprint density at radius 2 is 2.20 bits per heavy atom.